The van der Waals surface area contributed by atoms with E-state index in [0.717, 1.165) is 88.8 Å². The fraction of sp³-hybridized carbons (Fsp3) is 0. The maximum Gasteiger partial charge on any atom is 0.143 e. The summed E-state index contributed by atoms with van der Waals surface area (Å²) in [6.07, 6.45) is 0. The number of hydrogen-bond acceptors (Lipinski definition) is 3. The Morgan fingerprint density at radius 2 is 0.738 bits per heavy atom. The van der Waals surface area contributed by atoms with E-state index >= 15 is 0 Å². The average molecular weight is 780 g/mol. The van der Waals surface area contributed by atoms with Crippen LogP contribution in [0.25, 0.3) is 99.2 Å². The highest BCUT2D eigenvalue weighted by molar-refractivity contribution is 6.10. The molecule has 3 heteroatoms. The summed E-state index contributed by atoms with van der Waals surface area (Å²) >= 11 is 0. The van der Waals surface area contributed by atoms with E-state index in [-0.39, 0.29) is 0 Å². The molecule has 0 aliphatic rings. The normalized spacial score (nSPS) is 11.6. The smallest absolute Gasteiger partial charge is 0.143 e. The van der Waals surface area contributed by atoms with Gasteiger partial charge in [-0.15, -0.1) is 0 Å². The molecule has 0 amide bonds. The Kier molecular flexibility index (Phi) is 8.17. The Balaban J connectivity index is 0.922. The van der Waals surface area contributed by atoms with Crippen molar-refractivity contribution in [2.24, 2.45) is 0 Å². The predicted molar refractivity (Wildman–Crippen MR) is 255 cm³/mol. The quantitative estimate of drug-likeness (QED) is 0.161. The van der Waals surface area contributed by atoms with Crippen LogP contribution in [-0.2, 0) is 0 Å². The molecule has 3 nitrogen and oxygen atoms in total. The lowest BCUT2D eigenvalue weighted by Gasteiger charge is -2.26. The summed E-state index contributed by atoms with van der Waals surface area (Å²) in [6.45, 7) is 0. The van der Waals surface area contributed by atoms with Gasteiger partial charge in [-0.05, 0) is 116 Å². The van der Waals surface area contributed by atoms with E-state index in [4.69, 9.17) is 8.83 Å². The largest absolute Gasteiger partial charge is 0.456 e. The van der Waals surface area contributed by atoms with Crippen molar-refractivity contribution in [3.8, 4) is 44.5 Å². The molecule has 0 unspecified atom stereocenters. The molecule has 12 aromatic rings. The van der Waals surface area contributed by atoms with Crippen molar-refractivity contribution in [1.82, 2.24) is 0 Å². The summed E-state index contributed by atoms with van der Waals surface area (Å²) in [6, 6.07) is 80.0. The predicted octanol–water partition coefficient (Wildman–Crippen LogP) is 16.8. The van der Waals surface area contributed by atoms with Gasteiger partial charge in [-0.2, -0.15) is 0 Å². The monoisotopic (exact) mass is 779 g/mol. The van der Waals surface area contributed by atoms with E-state index in [2.05, 4.69) is 205 Å². The average Bonchev–Trinajstić information content (AvgIpc) is 3.91. The zero-order chi connectivity index (χ0) is 40.3. The minimum atomic E-state index is 0.900. The van der Waals surface area contributed by atoms with Crippen molar-refractivity contribution in [2.45, 2.75) is 0 Å². The van der Waals surface area contributed by atoms with Crippen molar-refractivity contribution in [1.29, 1.82) is 0 Å². The van der Waals surface area contributed by atoms with Crippen LogP contribution in [0, 0.1) is 0 Å². The van der Waals surface area contributed by atoms with E-state index in [1.54, 1.807) is 0 Å². The van der Waals surface area contributed by atoms with Crippen LogP contribution >= 0.6 is 0 Å². The number of furan rings is 2. The topological polar surface area (TPSA) is 29.5 Å². The SMILES string of the molecule is c1cc(-c2ccc(N(c3ccc(-c4ccc5oc6ccccc6c5c4)cc3)c3ccc(-c4cccc5c4oc4ccccc45)cc3)cc2)cc(-c2cccc3ccccc23)c1. The lowest BCUT2D eigenvalue weighted by Crippen LogP contribution is -2.09. The number of fused-ring (bicyclic) bond motifs is 7. The number of anilines is 3. The highest BCUT2D eigenvalue weighted by Gasteiger charge is 2.17. The first kappa shape index (κ1) is 34.9. The van der Waals surface area contributed by atoms with E-state index in [0.29, 0.717) is 0 Å². The number of rotatable bonds is 7. The molecular weight excluding hydrogens is 743 g/mol. The highest BCUT2D eigenvalue weighted by atomic mass is 16.3. The summed E-state index contributed by atoms with van der Waals surface area (Å²) in [5.74, 6) is 0. The van der Waals surface area contributed by atoms with Crippen LogP contribution < -0.4 is 4.90 Å². The van der Waals surface area contributed by atoms with Crippen LogP contribution in [0.15, 0.2) is 233 Å². The Morgan fingerprint density at radius 3 is 1.46 bits per heavy atom. The molecule has 0 atom stereocenters. The molecule has 0 fully saturated rings. The summed E-state index contributed by atoms with van der Waals surface area (Å²) in [5, 5.41) is 7.02. The van der Waals surface area contributed by atoms with Gasteiger partial charge in [0.1, 0.15) is 22.3 Å². The standard InChI is InChI=1S/C58H37NO2/c1-2-14-48-40(10-1)11-8-17-49(48)44-13-7-12-42(36-44)38-22-29-45(30-23-38)59(46-31-24-39(25-32-46)43-28-35-57-54(37-43)52-16-4-5-20-55(52)60-57)47-33-26-41(27-34-47)50-18-9-19-53-51-15-3-6-21-56(51)61-58(50)53/h1-37H. The molecule has 0 N–H and O–H groups in total. The Bertz CT molecular complexity index is 3570. The van der Waals surface area contributed by atoms with Crippen LogP contribution in [0.4, 0.5) is 17.1 Å². The molecule has 0 aliphatic heterocycles. The second-order valence-electron chi connectivity index (χ2n) is 15.7. The molecule has 0 saturated carbocycles. The van der Waals surface area contributed by atoms with Crippen molar-refractivity contribution < 1.29 is 8.83 Å². The van der Waals surface area contributed by atoms with Gasteiger partial charge in [-0.25, -0.2) is 0 Å². The molecule has 286 valence electrons. The first-order chi connectivity index (χ1) is 30.2. The van der Waals surface area contributed by atoms with E-state index in [1.165, 1.54) is 27.5 Å². The maximum atomic E-state index is 6.43. The number of benzene rings is 10. The molecule has 2 heterocycles. The van der Waals surface area contributed by atoms with E-state index < -0.39 is 0 Å². The molecular formula is C58H37NO2. The van der Waals surface area contributed by atoms with E-state index in [1.807, 2.05) is 24.3 Å². The molecule has 2 aromatic heterocycles. The second kappa shape index (κ2) is 14.3. The number of para-hydroxylation sites is 3. The van der Waals surface area contributed by atoms with Gasteiger partial charge in [0, 0.05) is 44.2 Å². The Hall–Kier alpha value is -8.14. The summed E-state index contributed by atoms with van der Waals surface area (Å²) in [7, 11) is 0. The third kappa shape index (κ3) is 6.06. The first-order valence-electron chi connectivity index (χ1n) is 20.7. The molecule has 0 radical (unpaired) electrons. The third-order valence-electron chi connectivity index (χ3n) is 12.1. The minimum absolute atomic E-state index is 0.900. The van der Waals surface area contributed by atoms with Gasteiger partial charge in [0.25, 0.3) is 0 Å². The minimum Gasteiger partial charge on any atom is -0.456 e. The summed E-state index contributed by atoms with van der Waals surface area (Å²) in [4.78, 5) is 2.33. The molecule has 0 spiro atoms. The highest BCUT2D eigenvalue weighted by Crippen LogP contribution is 2.41. The van der Waals surface area contributed by atoms with Crippen LogP contribution in [0.2, 0.25) is 0 Å². The van der Waals surface area contributed by atoms with Gasteiger partial charge >= 0.3 is 0 Å². The second-order valence-corrected chi connectivity index (χ2v) is 15.7. The molecule has 10 aromatic carbocycles. The fourth-order valence-corrected chi connectivity index (χ4v) is 9.07. The fourth-order valence-electron chi connectivity index (χ4n) is 9.07. The van der Waals surface area contributed by atoms with Crippen molar-refractivity contribution >= 4 is 71.7 Å². The van der Waals surface area contributed by atoms with Crippen LogP contribution in [0.5, 0.6) is 0 Å². The van der Waals surface area contributed by atoms with Crippen LogP contribution in [-0.4, -0.2) is 0 Å². The van der Waals surface area contributed by atoms with Crippen molar-refractivity contribution in [2.75, 3.05) is 4.90 Å². The van der Waals surface area contributed by atoms with Crippen molar-refractivity contribution in [3.05, 3.63) is 224 Å². The zero-order valence-electron chi connectivity index (χ0n) is 33.1. The van der Waals surface area contributed by atoms with Gasteiger partial charge in [-0.3, -0.25) is 0 Å². The lowest BCUT2D eigenvalue weighted by molar-refractivity contribution is 0.669. The van der Waals surface area contributed by atoms with Gasteiger partial charge in [0.2, 0.25) is 0 Å². The summed E-state index contributed by atoms with van der Waals surface area (Å²) < 4.78 is 12.6. The van der Waals surface area contributed by atoms with Gasteiger partial charge in [-0.1, -0.05) is 158 Å². The summed E-state index contributed by atoms with van der Waals surface area (Å²) in [5.41, 5.74) is 16.1. The van der Waals surface area contributed by atoms with Gasteiger partial charge in [0.05, 0.1) is 0 Å². The molecule has 12 rings (SSSR count). The number of nitrogens with zero attached hydrogens (tertiary/aromatic N) is 1. The Labute approximate surface area is 353 Å². The molecule has 61 heavy (non-hydrogen) atoms. The Morgan fingerprint density at radius 1 is 0.262 bits per heavy atom. The van der Waals surface area contributed by atoms with Gasteiger partial charge in [0.15, 0.2) is 0 Å². The number of hydrogen-bond donors (Lipinski definition) is 0. The molecule has 0 saturated heterocycles. The first-order valence-corrected chi connectivity index (χ1v) is 20.7. The molecule has 0 aliphatic carbocycles. The zero-order valence-corrected chi connectivity index (χ0v) is 33.1. The van der Waals surface area contributed by atoms with Crippen molar-refractivity contribution in [3.63, 3.8) is 0 Å². The molecule has 0 bridgehead atoms. The van der Waals surface area contributed by atoms with Gasteiger partial charge < -0.3 is 13.7 Å². The third-order valence-corrected chi connectivity index (χ3v) is 12.1. The maximum absolute atomic E-state index is 6.43. The van der Waals surface area contributed by atoms with Crippen LogP contribution in [0.1, 0.15) is 0 Å². The van der Waals surface area contributed by atoms with E-state index in [9.17, 15) is 0 Å². The lowest BCUT2D eigenvalue weighted by atomic mass is 9.95. The van der Waals surface area contributed by atoms with Crippen LogP contribution in [0.3, 0.4) is 0 Å².